The molecule has 1 amide bonds. The van der Waals surface area contributed by atoms with Crippen molar-refractivity contribution in [2.45, 2.75) is 58.7 Å². The number of nitrogens with zero attached hydrogens (tertiary/aromatic N) is 5. The molecule has 3 aromatic heterocycles. The third kappa shape index (κ3) is 5.28. The highest BCUT2D eigenvalue weighted by molar-refractivity contribution is 6.30. The zero-order valence-corrected chi connectivity index (χ0v) is 22.9. The maximum absolute atomic E-state index is 11.8. The van der Waals surface area contributed by atoms with Crippen molar-refractivity contribution >= 4 is 34.7 Å². The van der Waals surface area contributed by atoms with E-state index in [1.165, 1.54) is 12.8 Å². The minimum absolute atomic E-state index is 0.105. The lowest BCUT2D eigenvalue weighted by atomic mass is 9.79. The first kappa shape index (κ1) is 26.6. The van der Waals surface area contributed by atoms with Crippen LogP contribution in [0.3, 0.4) is 0 Å². The van der Waals surface area contributed by atoms with Gasteiger partial charge in [-0.25, -0.2) is 14.8 Å². The molecule has 1 saturated heterocycles. The molecule has 1 aliphatic carbocycles. The van der Waals surface area contributed by atoms with Crippen molar-refractivity contribution in [3.8, 4) is 11.3 Å². The number of amides is 1. The molecular weight excluding hydrogens is 510 g/mol. The summed E-state index contributed by atoms with van der Waals surface area (Å²) in [7, 11) is 1.63. The van der Waals surface area contributed by atoms with Gasteiger partial charge in [0.1, 0.15) is 6.73 Å². The van der Waals surface area contributed by atoms with Gasteiger partial charge in [0.25, 0.3) is 0 Å². The van der Waals surface area contributed by atoms with Crippen molar-refractivity contribution in [1.82, 2.24) is 30.3 Å². The van der Waals surface area contributed by atoms with Crippen LogP contribution < -0.4 is 15.9 Å². The summed E-state index contributed by atoms with van der Waals surface area (Å²) in [5.41, 5.74) is 6.15. The highest BCUT2D eigenvalue weighted by atomic mass is 35.5. The van der Waals surface area contributed by atoms with E-state index in [1.807, 2.05) is 19.1 Å². The standard InChI is InChI=1S/C26H34ClN7O4/c1-5-37-33(14-36-4)25-30-20-11-21(24-31-26(35)38-32-24)29-22(18-10-19(27)13-28-12-18)23(20)34(25)16(3)17-8-6-15(2)7-9-17/h10-13,15-17,24,32H,5-9,14H2,1-4H3,(H,31,35). The summed E-state index contributed by atoms with van der Waals surface area (Å²) in [6, 6.07) is 3.79. The topological polar surface area (TPSA) is 116 Å². The number of ether oxygens (including phenoxy) is 1. The SMILES string of the molecule is CCON(COC)c1nc2cc(C3NOC(=O)N3)nc(-c3cncc(Cl)c3)c2n1C(C)C1CCC(C)CC1. The highest BCUT2D eigenvalue weighted by Gasteiger charge is 2.33. The van der Waals surface area contributed by atoms with Crippen LogP contribution in [0.1, 0.15) is 64.4 Å². The van der Waals surface area contributed by atoms with E-state index in [1.54, 1.807) is 24.6 Å². The summed E-state index contributed by atoms with van der Waals surface area (Å²) < 4.78 is 7.70. The number of nitrogens with one attached hydrogen (secondary N) is 2. The molecular formula is C26H34ClN7O4. The number of pyridine rings is 2. The molecule has 0 bridgehead atoms. The number of hydrogen-bond acceptors (Lipinski definition) is 9. The first-order valence-electron chi connectivity index (χ1n) is 13.1. The zero-order chi connectivity index (χ0) is 26.8. The van der Waals surface area contributed by atoms with Crippen LogP contribution in [0.5, 0.6) is 0 Å². The fraction of sp³-hybridized carbons (Fsp3) is 0.538. The number of aromatic nitrogens is 4. The molecule has 204 valence electrons. The molecule has 11 nitrogen and oxygen atoms in total. The monoisotopic (exact) mass is 543 g/mol. The first-order valence-corrected chi connectivity index (χ1v) is 13.4. The van der Waals surface area contributed by atoms with Crippen LogP contribution in [-0.2, 0) is 14.4 Å². The van der Waals surface area contributed by atoms with E-state index in [0.717, 1.165) is 29.8 Å². The minimum Gasteiger partial charge on any atom is -0.362 e. The van der Waals surface area contributed by atoms with Gasteiger partial charge in [-0.2, -0.15) is 5.06 Å². The van der Waals surface area contributed by atoms with Gasteiger partial charge in [-0.1, -0.05) is 31.4 Å². The molecule has 1 aliphatic heterocycles. The molecule has 2 unspecified atom stereocenters. The molecule has 0 radical (unpaired) electrons. The van der Waals surface area contributed by atoms with Crippen LogP contribution in [0.25, 0.3) is 22.3 Å². The molecule has 5 rings (SSSR count). The van der Waals surface area contributed by atoms with Crippen LogP contribution in [0.15, 0.2) is 24.5 Å². The summed E-state index contributed by atoms with van der Waals surface area (Å²) in [6.45, 7) is 7.14. The lowest BCUT2D eigenvalue weighted by molar-refractivity contribution is 0.0435. The van der Waals surface area contributed by atoms with E-state index >= 15 is 0 Å². The van der Waals surface area contributed by atoms with E-state index in [0.29, 0.717) is 40.4 Å². The van der Waals surface area contributed by atoms with Gasteiger partial charge in [-0.15, -0.1) is 5.48 Å². The molecule has 0 spiro atoms. The van der Waals surface area contributed by atoms with Crippen LogP contribution >= 0.6 is 11.6 Å². The molecule has 3 aromatic rings. The van der Waals surface area contributed by atoms with Crippen molar-refractivity contribution in [3.05, 3.63) is 35.2 Å². The maximum atomic E-state index is 11.8. The van der Waals surface area contributed by atoms with E-state index in [9.17, 15) is 4.79 Å². The van der Waals surface area contributed by atoms with Crippen LogP contribution in [-0.4, -0.2) is 46.1 Å². The molecule has 12 heteroatoms. The fourth-order valence-corrected chi connectivity index (χ4v) is 5.58. The third-order valence-corrected chi connectivity index (χ3v) is 7.59. The molecule has 0 aromatic carbocycles. The Morgan fingerprint density at radius 2 is 2.03 bits per heavy atom. The summed E-state index contributed by atoms with van der Waals surface area (Å²) in [5.74, 6) is 1.83. The van der Waals surface area contributed by atoms with Crippen LogP contribution in [0, 0.1) is 11.8 Å². The van der Waals surface area contributed by atoms with Crippen molar-refractivity contribution < 1.29 is 19.2 Å². The van der Waals surface area contributed by atoms with Crippen molar-refractivity contribution in [2.24, 2.45) is 11.8 Å². The highest BCUT2D eigenvalue weighted by Crippen LogP contribution is 2.41. The number of halogens is 1. The molecule has 2 atom stereocenters. The Labute approximate surface area is 226 Å². The predicted molar refractivity (Wildman–Crippen MR) is 143 cm³/mol. The smallest absolute Gasteiger partial charge is 0.362 e. The summed E-state index contributed by atoms with van der Waals surface area (Å²) in [5, 5.41) is 4.90. The van der Waals surface area contributed by atoms with Gasteiger partial charge in [-0.05, 0) is 50.7 Å². The van der Waals surface area contributed by atoms with E-state index < -0.39 is 12.3 Å². The Hall–Kier alpha value is -2.99. The fourth-order valence-electron chi connectivity index (χ4n) is 5.41. The Kier molecular flexibility index (Phi) is 7.98. The summed E-state index contributed by atoms with van der Waals surface area (Å²) in [6.07, 6.45) is 6.78. The van der Waals surface area contributed by atoms with Crippen LogP contribution in [0.2, 0.25) is 5.02 Å². The number of rotatable bonds is 9. The Morgan fingerprint density at radius 3 is 2.68 bits per heavy atom. The van der Waals surface area contributed by atoms with Crippen molar-refractivity contribution in [2.75, 3.05) is 25.5 Å². The molecule has 4 heterocycles. The number of methoxy groups -OCH3 is 1. The number of hydroxylamine groups is 2. The average Bonchev–Trinajstić information content (AvgIpc) is 3.52. The summed E-state index contributed by atoms with van der Waals surface area (Å²) >= 11 is 6.36. The van der Waals surface area contributed by atoms with Crippen molar-refractivity contribution in [1.29, 1.82) is 0 Å². The van der Waals surface area contributed by atoms with Gasteiger partial charge in [0.15, 0.2) is 6.17 Å². The lowest BCUT2D eigenvalue weighted by Crippen LogP contribution is -2.31. The number of hydrogen-bond donors (Lipinski definition) is 2. The van der Waals surface area contributed by atoms with E-state index in [-0.39, 0.29) is 12.8 Å². The Morgan fingerprint density at radius 1 is 1.24 bits per heavy atom. The van der Waals surface area contributed by atoms with Gasteiger partial charge in [0.05, 0.1) is 34.1 Å². The molecule has 2 aliphatic rings. The molecule has 1 saturated carbocycles. The second-order valence-corrected chi connectivity index (χ2v) is 10.4. The maximum Gasteiger partial charge on any atom is 0.427 e. The number of anilines is 1. The van der Waals surface area contributed by atoms with Crippen molar-refractivity contribution in [3.63, 3.8) is 0 Å². The predicted octanol–water partition coefficient (Wildman–Crippen LogP) is 5.14. The van der Waals surface area contributed by atoms with Gasteiger partial charge in [0.2, 0.25) is 5.95 Å². The Bertz CT molecular complexity index is 1290. The van der Waals surface area contributed by atoms with E-state index in [2.05, 4.69) is 34.2 Å². The van der Waals surface area contributed by atoms with Crippen LogP contribution in [0.4, 0.5) is 10.7 Å². The quantitative estimate of drug-likeness (QED) is 0.279. The largest absolute Gasteiger partial charge is 0.427 e. The number of imidazole rings is 1. The second-order valence-electron chi connectivity index (χ2n) is 10.00. The zero-order valence-electron chi connectivity index (χ0n) is 22.1. The minimum atomic E-state index is -0.634. The average molecular weight is 544 g/mol. The summed E-state index contributed by atoms with van der Waals surface area (Å²) in [4.78, 5) is 37.0. The molecule has 38 heavy (non-hydrogen) atoms. The van der Waals surface area contributed by atoms with Gasteiger partial charge >= 0.3 is 6.09 Å². The molecule has 2 fully saturated rings. The second kappa shape index (κ2) is 11.4. The molecule has 2 N–H and O–H groups in total. The van der Waals surface area contributed by atoms with Gasteiger partial charge < -0.3 is 14.1 Å². The first-order chi connectivity index (χ1) is 18.4. The number of fused-ring (bicyclic) bond motifs is 1. The normalized spacial score (nSPS) is 22.3. The van der Waals surface area contributed by atoms with Gasteiger partial charge in [0, 0.05) is 31.1 Å². The lowest BCUT2D eigenvalue weighted by Gasteiger charge is -2.34. The third-order valence-electron chi connectivity index (χ3n) is 7.38. The van der Waals surface area contributed by atoms with Gasteiger partial charge in [-0.3, -0.25) is 15.1 Å². The van der Waals surface area contributed by atoms with E-state index in [4.69, 9.17) is 36.0 Å². The number of carbonyl (C=O) groups is 1. The Balaban J connectivity index is 1.74. The number of carbonyl (C=O) groups excluding carboxylic acids is 1.